The van der Waals surface area contributed by atoms with Gasteiger partial charge in [0, 0.05) is 37.3 Å². The number of nitrogens with one attached hydrogen (secondary N) is 4. The average molecular weight is 765 g/mol. The lowest BCUT2D eigenvalue weighted by Gasteiger charge is -2.35. The highest BCUT2D eigenvalue weighted by atomic mass is 16.7. The molecule has 0 bridgehead atoms. The van der Waals surface area contributed by atoms with E-state index in [1.165, 1.54) is 24.3 Å². The lowest BCUT2D eigenvalue weighted by Crippen LogP contribution is -2.53. The molecule has 1 saturated heterocycles. The summed E-state index contributed by atoms with van der Waals surface area (Å²) in [5.41, 5.74) is 3.93. The molecule has 6 unspecified atom stereocenters. The van der Waals surface area contributed by atoms with Crippen molar-refractivity contribution in [1.82, 2.24) is 20.2 Å². The normalized spacial score (nSPS) is 25.4. The van der Waals surface area contributed by atoms with Gasteiger partial charge in [-0.15, -0.1) is 0 Å². The van der Waals surface area contributed by atoms with E-state index in [4.69, 9.17) is 29.8 Å². The van der Waals surface area contributed by atoms with Gasteiger partial charge in [0.25, 0.3) is 17.4 Å². The van der Waals surface area contributed by atoms with E-state index >= 15 is 0 Å². The molecule has 4 amide bonds. The van der Waals surface area contributed by atoms with Gasteiger partial charge in [0.15, 0.2) is 24.2 Å². The van der Waals surface area contributed by atoms with Gasteiger partial charge in [-0.25, -0.2) is 4.79 Å². The highest BCUT2D eigenvalue weighted by Crippen LogP contribution is 2.34. The van der Waals surface area contributed by atoms with E-state index in [0.717, 1.165) is 42.3 Å². The van der Waals surface area contributed by atoms with Crippen molar-refractivity contribution in [3.8, 4) is 0 Å². The van der Waals surface area contributed by atoms with Crippen molar-refractivity contribution >= 4 is 35.3 Å². The predicted molar refractivity (Wildman–Crippen MR) is 175 cm³/mol. The maximum Gasteiger partial charge on any atom is 0.330 e. The predicted octanol–water partition coefficient (Wildman–Crippen LogP) is -5.49. The van der Waals surface area contributed by atoms with Crippen LogP contribution in [0.5, 0.6) is 0 Å². The summed E-state index contributed by atoms with van der Waals surface area (Å²) in [5.74, 6) is -6.08. The third-order valence-electron chi connectivity index (χ3n) is 7.88. The van der Waals surface area contributed by atoms with E-state index in [1.807, 2.05) is 10.3 Å². The number of methoxy groups -OCH3 is 1. The number of aliphatic carboxylic acids is 1. The topological polar surface area (TPSA) is 361 Å². The number of benzene rings is 1. The molecule has 1 aromatic heterocycles. The Hall–Kier alpha value is -5.79. The molecule has 0 spiro atoms. The van der Waals surface area contributed by atoms with Crippen LogP contribution in [0.25, 0.3) is 0 Å². The highest BCUT2D eigenvalue weighted by molar-refractivity contribution is 6.02. The Morgan fingerprint density at radius 1 is 1.06 bits per heavy atom. The molecule has 1 aromatic carbocycles. The molecule has 10 atom stereocenters. The second-order valence-corrected chi connectivity index (χ2v) is 11.6. The fraction of sp³-hybridized carbons (Fsp3) is 0.387. The number of nitrogens with zero attached hydrogens (tertiary/aromatic N) is 1. The number of aliphatic hydroxyl groups is 5. The fourth-order valence-corrected chi connectivity index (χ4v) is 5.18. The van der Waals surface area contributed by atoms with Crippen molar-refractivity contribution in [2.75, 3.05) is 19.0 Å². The Morgan fingerprint density at radius 3 is 2.35 bits per heavy atom. The average Bonchev–Trinajstić information content (AvgIpc) is 3.45. The number of aliphatic hydroxyl groups excluding tert-OH is 5. The summed E-state index contributed by atoms with van der Waals surface area (Å²) in [6.45, 7) is -0.663. The number of nitrogens with two attached hydrogens (primary N) is 1. The molecule has 3 heterocycles. The van der Waals surface area contributed by atoms with E-state index in [2.05, 4.69) is 10.6 Å². The number of anilines is 1. The van der Waals surface area contributed by atoms with E-state index in [1.54, 1.807) is 0 Å². The lowest BCUT2D eigenvalue weighted by molar-refractivity contribution is -0.241. The molecular formula is C31H36N6O17. The number of carbonyl (C=O) groups excluding carboxylic acids is 4. The molecule has 23 nitrogen and oxygen atoms in total. The summed E-state index contributed by atoms with van der Waals surface area (Å²) in [6, 6.07) is 5.97. The van der Waals surface area contributed by atoms with Gasteiger partial charge in [-0.3, -0.25) is 38.3 Å². The molecule has 2 aliphatic heterocycles. The van der Waals surface area contributed by atoms with Gasteiger partial charge in [-0.1, -0.05) is 12.1 Å². The molecule has 23 heteroatoms. The lowest BCUT2D eigenvalue weighted by atomic mass is 10.0. The van der Waals surface area contributed by atoms with Crippen LogP contribution in [0.15, 0.2) is 70.2 Å². The zero-order chi connectivity index (χ0) is 39.9. The summed E-state index contributed by atoms with van der Waals surface area (Å²) in [4.78, 5) is 85.7. The number of hydrogen-bond donors (Lipinski definition) is 11. The van der Waals surface area contributed by atoms with Crippen molar-refractivity contribution in [2.24, 2.45) is 5.73 Å². The number of carboxylic acid groups (broad SMARTS) is 1. The number of aromatic amines is 1. The first-order valence-corrected chi connectivity index (χ1v) is 15.6. The first-order valence-electron chi connectivity index (χ1n) is 15.6. The van der Waals surface area contributed by atoms with Crippen LogP contribution in [0.1, 0.15) is 17.9 Å². The first-order chi connectivity index (χ1) is 25.5. The van der Waals surface area contributed by atoms with Crippen molar-refractivity contribution in [2.45, 2.75) is 61.3 Å². The summed E-state index contributed by atoms with van der Waals surface area (Å²) >= 11 is 0. The number of hydrogen-bond acceptors (Lipinski definition) is 16. The number of primary amides is 1. The Bertz CT molecular complexity index is 1890. The number of aromatic nitrogens is 2. The Balaban J connectivity index is 1.39. The molecule has 1 fully saturated rings. The third-order valence-corrected chi connectivity index (χ3v) is 7.88. The SMILES string of the molecule is CO[C@H]1[C@@H](O)[C@H](n2ccc(=O)[nH]c2=O)O[C@@H]1C(OC1OC(C(=O)Nc2ccc(C(O)C(O)C(=O)N/C=C/C(=O)NCC(=O)O)cc2)=CC(O)C1O)C(N)=O. The molecule has 4 rings (SSSR count). The summed E-state index contributed by atoms with van der Waals surface area (Å²) < 4.78 is 22.8. The number of carbonyl (C=O) groups is 5. The monoisotopic (exact) mass is 764 g/mol. The molecule has 0 aliphatic carbocycles. The maximum absolute atomic E-state index is 13.1. The van der Waals surface area contributed by atoms with Crippen LogP contribution in [0.2, 0.25) is 0 Å². The maximum atomic E-state index is 13.1. The van der Waals surface area contributed by atoms with Gasteiger partial charge in [-0.2, -0.15) is 0 Å². The summed E-state index contributed by atoms with van der Waals surface area (Å²) in [5, 5.41) is 67.6. The molecule has 2 aromatic rings. The van der Waals surface area contributed by atoms with Gasteiger partial charge in [0.05, 0.1) is 0 Å². The molecular weight excluding hydrogens is 728 g/mol. The van der Waals surface area contributed by atoms with Gasteiger partial charge in [0.2, 0.25) is 18.1 Å². The summed E-state index contributed by atoms with van der Waals surface area (Å²) in [6.07, 6.45) is -13.9. The number of ether oxygens (including phenoxy) is 4. The minimum atomic E-state index is -2.03. The number of amides is 4. The van der Waals surface area contributed by atoms with Gasteiger partial charge in [0.1, 0.15) is 43.2 Å². The zero-order valence-electron chi connectivity index (χ0n) is 27.9. The molecule has 292 valence electrons. The molecule has 0 radical (unpaired) electrons. The van der Waals surface area contributed by atoms with Crippen molar-refractivity contribution < 1.29 is 73.6 Å². The first kappa shape index (κ1) is 41.0. The number of H-pyrrole nitrogens is 1. The largest absolute Gasteiger partial charge is 0.480 e. The fourth-order valence-electron chi connectivity index (χ4n) is 5.18. The zero-order valence-corrected chi connectivity index (χ0v) is 27.9. The second-order valence-electron chi connectivity index (χ2n) is 11.6. The standard InChI is InChI=1S/C31H36N6O17/c1-51-23-22(46)29(37-9-7-17(40)36-31(37)50)53-24(23)25(26(32)47)54-30-20(44)14(38)10-15(52-30)27(48)35-13-4-2-12(3-5-13)19(43)21(45)28(49)33-8-6-16(39)34-11-18(41)42/h2-10,14,19-25,29-30,38,43-46H,11H2,1H3,(H2,32,47)(H,33,49)(H,34,39)(H,35,48)(H,41,42)(H,36,40,50)/b8-6+/t14?,19?,20?,21?,22-,23+,24+,25?,29-,30?/m1/s1. The van der Waals surface area contributed by atoms with Gasteiger partial charge >= 0.3 is 11.7 Å². The van der Waals surface area contributed by atoms with E-state index in [-0.39, 0.29) is 11.3 Å². The van der Waals surface area contributed by atoms with Crippen LogP contribution in [0, 0.1) is 0 Å². The Kier molecular flexibility index (Phi) is 13.5. The minimum Gasteiger partial charge on any atom is -0.480 e. The quantitative estimate of drug-likeness (QED) is 0.0754. The second kappa shape index (κ2) is 17.8. The molecule has 0 saturated carbocycles. The van der Waals surface area contributed by atoms with Crippen molar-refractivity contribution in [1.29, 1.82) is 0 Å². The van der Waals surface area contributed by atoms with Crippen LogP contribution in [0.4, 0.5) is 5.69 Å². The van der Waals surface area contributed by atoms with Crippen LogP contribution in [-0.4, -0.2) is 132 Å². The van der Waals surface area contributed by atoms with Crippen LogP contribution < -0.4 is 32.9 Å². The molecule has 54 heavy (non-hydrogen) atoms. The van der Waals surface area contributed by atoms with Crippen LogP contribution in [-0.2, 0) is 42.9 Å². The molecule has 2 aliphatic rings. The van der Waals surface area contributed by atoms with Crippen LogP contribution in [0.3, 0.4) is 0 Å². The van der Waals surface area contributed by atoms with Crippen molar-refractivity contribution in [3.05, 3.63) is 87.0 Å². The van der Waals surface area contributed by atoms with Crippen LogP contribution >= 0.6 is 0 Å². The summed E-state index contributed by atoms with van der Waals surface area (Å²) in [7, 11) is 1.14. The molecule has 12 N–H and O–H groups in total. The number of carboxylic acids is 1. The van der Waals surface area contributed by atoms with Gasteiger partial charge in [-0.05, 0) is 23.8 Å². The minimum absolute atomic E-state index is 0.0118. The van der Waals surface area contributed by atoms with E-state index < -0.39 is 115 Å². The Morgan fingerprint density at radius 2 is 1.74 bits per heavy atom. The Labute approximate surface area is 302 Å². The van der Waals surface area contributed by atoms with Gasteiger partial charge < -0.3 is 71.3 Å². The highest BCUT2D eigenvalue weighted by Gasteiger charge is 2.52. The number of rotatable bonds is 15. The van der Waals surface area contributed by atoms with E-state index in [9.17, 15) is 59.1 Å². The smallest absolute Gasteiger partial charge is 0.330 e. The third kappa shape index (κ3) is 9.79. The van der Waals surface area contributed by atoms with E-state index in [0.29, 0.717) is 0 Å². The van der Waals surface area contributed by atoms with Crippen molar-refractivity contribution in [3.63, 3.8) is 0 Å².